The molecule has 0 N–H and O–H groups in total. The van der Waals surface area contributed by atoms with Gasteiger partial charge in [-0.25, -0.2) is 0 Å². The maximum atomic E-state index is 6.71. The highest BCUT2D eigenvalue weighted by atomic mass is 16.5. The predicted octanol–water partition coefficient (Wildman–Crippen LogP) is 13.6. The first-order valence-corrected chi connectivity index (χ1v) is 19.3. The zero-order valence-electron chi connectivity index (χ0n) is 30.2. The number of benzene rings is 6. The molecule has 0 saturated carbocycles. The molecule has 0 amide bonds. The quantitative estimate of drug-likeness (QED) is 0.165. The SMILES string of the molecule is C1=CC(c2cccc(N(C3=CC=C(c4ccc5c(c4)C4C=C(c6ccccc6)c6ccccc6C4O5)CC3)c3ccc(-c4ccccc4)cc3)c2)=CCC1. The summed E-state index contributed by atoms with van der Waals surface area (Å²) in [4.78, 5) is 2.45. The van der Waals surface area contributed by atoms with Crippen LogP contribution in [0.25, 0.3) is 27.8 Å². The summed E-state index contributed by atoms with van der Waals surface area (Å²) in [6, 6.07) is 55.1. The summed E-state index contributed by atoms with van der Waals surface area (Å²) in [7, 11) is 0. The van der Waals surface area contributed by atoms with Gasteiger partial charge in [-0.1, -0.05) is 146 Å². The number of hydrogen-bond donors (Lipinski definition) is 0. The summed E-state index contributed by atoms with van der Waals surface area (Å²) in [6.45, 7) is 0. The number of hydrogen-bond acceptors (Lipinski definition) is 2. The summed E-state index contributed by atoms with van der Waals surface area (Å²) in [5.74, 6) is 1.16. The van der Waals surface area contributed by atoms with Crippen LogP contribution < -0.4 is 9.64 Å². The Hall–Kier alpha value is -6.38. The zero-order valence-corrected chi connectivity index (χ0v) is 30.2. The second-order valence-electron chi connectivity index (χ2n) is 14.6. The van der Waals surface area contributed by atoms with Gasteiger partial charge in [-0.05, 0) is 118 Å². The second kappa shape index (κ2) is 13.9. The average molecular weight is 696 g/mol. The minimum atomic E-state index is -0.0109. The Labute approximate surface area is 318 Å². The van der Waals surface area contributed by atoms with E-state index in [9.17, 15) is 0 Å². The monoisotopic (exact) mass is 695 g/mol. The van der Waals surface area contributed by atoms with Gasteiger partial charge in [0.05, 0.1) is 0 Å². The highest BCUT2D eigenvalue weighted by Crippen LogP contribution is 2.53. The molecular weight excluding hydrogens is 655 g/mol. The molecule has 0 bridgehead atoms. The topological polar surface area (TPSA) is 12.5 Å². The molecule has 3 aliphatic carbocycles. The van der Waals surface area contributed by atoms with Crippen LogP contribution >= 0.6 is 0 Å². The van der Waals surface area contributed by atoms with Crippen LogP contribution in [-0.2, 0) is 0 Å². The van der Waals surface area contributed by atoms with Crippen LogP contribution in [0.15, 0.2) is 194 Å². The lowest BCUT2D eigenvalue weighted by atomic mass is 9.78. The third-order valence-electron chi connectivity index (χ3n) is 11.4. The Morgan fingerprint density at radius 1 is 0.537 bits per heavy atom. The molecule has 2 nitrogen and oxygen atoms in total. The third kappa shape index (κ3) is 5.94. The molecule has 0 saturated heterocycles. The van der Waals surface area contributed by atoms with Crippen molar-refractivity contribution in [2.24, 2.45) is 0 Å². The number of ether oxygens (including phenoxy) is 1. The summed E-state index contributed by atoms with van der Waals surface area (Å²) in [5.41, 5.74) is 17.6. The van der Waals surface area contributed by atoms with E-state index < -0.39 is 0 Å². The first kappa shape index (κ1) is 32.3. The molecule has 2 atom stereocenters. The first-order valence-electron chi connectivity index (χ1n) is 19.3. The Morgan fingerprint density at radius 3 is 2.06 bits per heavy atom. The van der Waals surface area contributed by atoms with E-state index in [0.717, 1.165) is 31.4 Å². The summed E-state index contributed by atoms with van der Waals surface area (Å²) >= 11 is 0. The summed E-state index contributed by atoms with van der Waals surface area (Å²) in [6.07, 6.45) is 18.1. The zero-order chi connectivity index (χ0) is 35.8. The van der Waals surface area contributed by atoms with Crippen molar-refractivity contribution in [3.05, 3.63) is 227 Å². The fourth-order valence-electron chi connectivity index (χ4n) is 8.67. The average Bonchev–Trinajstić information content (AvgIpc) is 3.63. The highest BCUT2D eigenvalue weighted by Gasteiger charge is 2.39. The largest absolute Gasteiger partial charge is 0.484 e. The van der Waals surface area contributed by atoms with Gasteiger partial charge in [0.1, 0.15) is 11.9 Å². The lowest BCUT2D eigenvalue weighted by molar-refractivity contribution is 0.223. The van der Waals surface area contributed by atoms with Crippen molar-refractivity contribution >= 4 is 28.1 Å². The molecule has 1 aliphatic heterocycles. The molecule has 6 aromatic rings. The Bertz CT molecular complexity index is 2520. The molecule has 1 heterocycles. The fourth-order valence-corrected chi connectivity index (χ4v) is 8.67. The van der Waals surface area contributed by atoms with Gasteiger partial charge >= 0.3 is 0 Å². The number of allylic oxidation sites excluding steroid dienone is 8. The highest BCUT2D eigenvalue weighted by molar-refractivity contribution is 5.85. The van der Waals surface area contributed by atoms with Gasteiger partial charge in [-0.2, -0.15) is 0 Å². The lowest BCUT2D eigenvalue weighted by Gasteiger charge is -2.30. The molecule has 2 unspecified atom stereocenters. The number of anilines is 2. The van der Waals surface area contributed by atoms with E-state index in [1.165, 1.54) is 78.3 Å². The van der Waals surface area contributed by atoms with E-state index in [2.05, 4.69) is 193 Å². The molecule has 0 aromatic heterocycles. The van der Waals surface area contributed by atoms with Crippen molar-refractivity contribution in [2.75, 3.05) is 4.90 Å². The smallest absolute Gasteiger partial charge is 0.135 e. The van der Waals surface area contributed by atoms with Crippen molar-refractivity contribution in [3.63, 3.8) is 0 Å². The van der Waals surface area contributed by atoms with E-state index in [-0.39, 0.29) is 12.0 Å². The van der Waals surface area contributed by atoms with Gasteiger partial charge < -0.3 is 9.64 Å². The van der Waals surface area contributed by atoms with Crippen LogP contribution in [0.2, 0.25) is 0 Å². The molecule has 260 valence electrons. The van der Waals surface area contributed by atoms with Crippen molar-refractivity contribution in [3.8, 4) is 16.9 Å². The van der Waals surface area contributed by atoms with E-state index in [1.807, 2.05) is 0 Å². The summed E-state index contributed by atoms with van der Waals surface area (Å²) in [5, 5.41) is 0. The van der Waals surface area contributed by atoms with E-state index in [1.54, 1.807) is 0 Å². The van der Waals surface area contributed by atoms with Crippen LogP contribution in [0.3, 0.4) is 0 Å². The Kier molecular flexibility index (Phi) is 8.30. The normalized spacial score (nSPS) is 18.2. The van der Waals surface area contributed by atoms with Gasteiger partial charge in [0.2, 0.25) is 0 Å². The molecule has 2 heteroatoms. The van der Waals surface area contributed by atoms with Crippen LogP contribution in [-0.4, -0.2) is 0 Å². The Morgan fingerprint density at radius 2 is 1.28 bits per heavy atom. The predicted molar refractivity (Wildman–Crippen MR) is 225 cm³/mol. The molecule has 0 spiro atoms. The fraction of sp³-hybridized carbons (Fsp3) is 0.115. The van der Waals surface area contributed by atoms with Crippen molar-refractivity contribution in [1.29, 1.82) is 0 Å². The van der Waals surface area contributed by atoms with Crippen molar-refractivity contribution in [2.45, 2.75) is 37.7 Å². The molecule has 54 heavy (non-hydrogen) atoms. The minimum absolute atomic E-state index is 0.0109. The van der Waals surface area contributed by atoms with Gasteiger partial charge in [-0.15, -0.1) is 0 Å². The number of rotatable bonds is 7. The lowest BCUT2D eigenvalue weighted by Crippen LogP contribution is -2.18. The number of nitrogens with zero attached hydrogens (tertiary/aromatic N) is 1. The van der Waals surface area contributed by atoms with Crippen LogP contribution in [0.4, 0.5) is 11.4 Å². The van der Waals surface area contributed by atoms with Crippen molar-refractivity contribution < 1.29 is 4.74 Å². The molecule has 4 aliphatic rings. The van der Waals surface area contributed by atoms with Gasteiger partial charge in [0.15, 0.2) is 0 Å². The van der Waals surface area contributed by atoms with Crippen LogP contribution in [0.1, 0.15) is 71.1 Å². The minimum Gasteiger partial charge on any atom is -0.484 e. The standard InChI is InChI=1S/C52H41NO/c1-4-13-36(14-5-1)38-23-28-43(29-24-38)53(45-20-12-19-41(33-45)37-15-6-2-7-16-37)44-30-25-39(26-31-44)42-27-32-51-49(34-42)50-35-48(40-17-8-3-9-18-40)46-21-10-11-22-47(46)52(50)54-51/h1,3-6,8-25,27-30,32-35,50,52H,2,7,26,31H2. The first-order chi connectivity index (χ1) is 26.8. The second-order valence-corrected chi connectivity index (χ2v) is 14.6. The third-order valence-corrected chi connectivity index (χ3v) is 11.4. The maximum absolute atomic E-state index is 6.71. The van der Waals surface area contributed by atoms with E-state index in [0.29, 0.717) is 0 Å². The van der Waals surface area contributed by atoms with Gasteiger partial charge in [0.25, 0.3) is 0 Å². The molecule has 0 radical (unpaired) electrons. The Balaban J connectivity index is 1.00. The van der Waals surface area contributed by atoms with Gasteiger partial charge in [0, 0.05) is 34.1 Å². The molecule has 10 rings (SSSR count). The van der Waals surface area contributed by atoms with E-state index >= 15 is 0 Å². The summed E-state index contributed by atoms with van der Waals surface area (Å²) < 4.78 is 6.71. The van der Waals surface area contributed by atoms with Crippen LogP contribution in [0, 0.1) is 0 Å². The van der Waals surface area contributed by atoms with Crippen LogP contribution in [0.5, 0.6) is 5.75 Å². The van der Waals surface area contributed by atoms with Gasteiger partial charge in [-0.3, -0.25) is 0 Å². The van der Waals surface area contributed by atoms with Crippen molar-refractivity contribution in [1.82, 2.24) is 0 Å². The maximum Gasteiger partial charge on any atom is 0.135 e. The number of fused-ring (bicyclic) bond motifs is 5. The molecule has 0 fully saturated rings. The molecular formula is C52H41NO. The van der Waals surface area contributed by atoms with E-state index in [4.69, 9.17) is 4.74 Å². The molecule has 6 aromatic carbocycles.